The summed E-state index contributed by atoms with van der Waals surface area (Å²) in [6.07, 6.45) is 1.92. The minimum atomic E-state index is -0.00284. The van der Waals surface area contributed by atoms with Crippen LogP contribution in [0, 0.1) is 0 Å². The lowest BCUT2D eigenvalue weighted by molar-refractivity contribution is 0.0957. The molecular weight excluding hydrogens is 467 g/mol. The van der Waals surface area contributed by atoms with Crippen molar-refractivity contribution in [2.45, 2.75) is 26.3 Å². The quantitative estimate of drug-likeness (QED) is 0.229. The molecule has 2 rings (SSSR count). The Labute approximate surface area is 174 Å². The number of aliphatic imine (C=N–C) groups is 1. The van der Waals surface area contributed by atoms with E-state index in [2.05, 4.69) is 40.0 Å². The summed E-state index contributed by atoms with van der Waals surface area (Å²) < 4.78 is 0. The van der Waals surface area contributed by atoms with Crippen molar-refractivity contribution in [2.24, 2.45) is 4.99 Å². The maximum absolute atomic E-state index is 11.8. The molecule has 138 valence electrons. The van der Waals surface area contributed by atoms with Crippen molar-refractivity contribution in [3.63, 3.8) is 0 Å². The Morgan fingerprint density at radius 2 is 1.88 bits per heavy atom. The van der Waals surface area contributed by atoms with E-state index in [0.29, 0.717) is 6.54 Å². The Balaban J connectivity index is 0.00000312. The zero-order chi connectivity index (χ0) is 17.2. The minimum Gasteiger partial charge on any atom is -0.356 e. The lowest BCUT2D eigenvalue weighted by Gasteiger charge is -2.11. The van der Waals surface area contributed by atoms with Crippen LogP contribution >= 0.6 is 46.7 Å². The average Bonchev–Trinajstić information content (AvgIpc) is 3.28. The van der Waals surface area contributed by atoms with Gasteiger partial charge in [-0.2, -0.15) is 0 Å². The van der Waals surface area contributed by atoms with Crippen molar-refractivity contribution in [1.82, 2.24) is 16.0 Å². The zero-order valence-electron chi connectivity index (χ0n) is 14.5. The molecule has 3 N–H and O–H groups in total. The van der Waals surface area contributed by atoms with Crippen LogP contribution < -0.4 is 16.0 Å². The van der Waals surface area contributed by atoms with E-state index in [1.54, 1.807) is 7.05 Å². The zero-order valence-corrected chi connectivity index (χ0v) is 18.5. The number of aryl methyl sites for hydroxylation is 1. The van der Waals surface area contributed by atoms with Gasteiger partial charge in [0.2, 0.25) is 0 Å². The van der Waals surface area contributed by atoms with Gasteiger partial charge in [-0.1, -0.05) is 13.0 Å². The molecule has 0 radical (unpaired) electrons. The molecule has 0 atom stereocenters. The summed E-state index contributed by atoms with van der Waals surface area (Å²) in [4.78, 5) is 19.5. The first-order valence-corrected chi connectivity index (χ1v) is 9.76. The molecule has 0 saturated heterocycles. The van der Waals surface area contributed by atoms with Crippen LogP contribution in [0.2, 0.25) is 0 Å². The predicted octanol–water partition coefficient (Wildman–Crippen LogP) is 3.48. The molecule has 0 spiro atoms. The number of hydrogen-bond acceptors (Lipinski definition) is 4. The number of nitrogens with one attached hydrogen (secondary N) is 3. The smallest absolute Gasteiger partial charge is 0.261 e. The number of thiophene rings is 2. The third kappa shape index (κ3) is 7.74. The van der Waals surface area contributed by atoms with E-state index in [1.165, 1.54) is 21.1 Å². The fourth-order valence-electron chi connectivity index (χ4n) is 2.09. The van der Waals surface area contributed by atoms with Gasteiger partial charge in [-0.25, -0.2) is 0 Å². The number of halogens is 1. The first-order chi connectivity index (χ1) is 11.7. The van der Waals surface area contributed by atoms with Crippen LogP contribution in [0.5, 0.6) is 0 Å². The molecule has 5 nitrogen and oxygen atoms in total. The summed E-state index contributed by atoms with van der Waals surface area (Å²) in [5.74, 6) is 0.781. The van der Waals surface area contributed by atoms with E-state index in [-0.39, 0.29) is 29.9 Å². The van der Waals surface area contributed by atoms with Crippen molar-refractivity contribution < 1.29 is 4.79 Å². The molecule has 0 aliphatic heterocycles. The molecule has 1 amide bonds. The molecule has 0 aliphatic carbocycles. The van der Waals surface area contributed by atoms with Gasteiger partial charge in [0.25, 0.3) is 5.91 Å². The number of hydrogen-bond donors (Lipinski definition) is 3. The molecule has 0 unspecified atom stereocenters. The van der Waals surface area contributed by atoms with Gasteiger partial charge in [-0.15, -0.1) is 46.7 Å². The number of rotatable bonds is 8. The Morgan fingerprint density at radius 1 is 1.12 bits per heavy atom. The molecule has 0 aromatic carbocycles. The number of carbonyl (C=O) groups excluding carboxylic acids is 1. The fraction of sp³-hybridized carbons (Fsp3) is 0.412. The molecule has 8 heteroatoms. The number of amides is 1. The molecule has 25 heavy (non-hydrogen) atoms. The molecule has 0 aliphatic rings. The summed E-state index contributed by atoms with van der Waals surface area (Å²) >= 11 is 3.28. The highest BCUT2D eigenvalue weighted by molar-refractivity contribution is 14.0. The first kappa shape index (κ1) is 21.9. The molecule has 0 saturated carbocycles. The Bertz CT molecular complexity index is 655. The maximum Gasteiger partial charge on any atom is 0.261 e. The number of nitrogens with zero attached hydrogens (tertiary/aromatic N) is 1. The van der Waals surface area contributed by atoms with Crippen molar-refractivity contribution in [3.8, 4) is 0 Å². The van der Waals surface area contributed by atoms with E-state index < -0.39 is 0 Å². The van der Waals surface area contributed by atoms with Gasteiger partial charge in [-0.05, 0) is 36.4 Å². The van der Waals surface area contributed by atoms with Crippen molar-refractivity contribution in [1.29, 1.82) is 0 Å². The Morgan fingerprint density at radius 3 is 2.52 bits per heavy atom. The first-order valence-electron chi connectivity index (χ1n) is 8.06. The standard InChI is InChI=1S/C17H24N4OS2.HI/c1-3-13-7-8-14(24-13)12-21-17(18-2)20-10-5-9-19-16(22)15-6-4-11-23-15;/h4,6-8,11H,3,5,9-10,12H2,1-2H3,(H,19,22)(H2,18,20,21);1H. The number of carbonyl (C=O) groups is 1. The highest BCUT2D eigenvalue weighted by Gasteiger charge is 2.05. The van der Waals surface area contributed by atoms with Gasteiger partial charge in [0.05, 0.1) is 11.4 Å². The van der Waals surface area contributed by atoms with Crippen LogP contribution in [0.3, 0.4) is 0 Å². The van der Waals surface area contributed by atoms with Crippen LogP contribution in [0.25, 0.3) is 0 Å². The second-order valence-corrected chi connectivity index (χ2v) is 7.36. The summed E-state index contributed by atoms with van der Waals surface area (Å²) in [6, 6.07) is 8.05. The van der Waals surface area contributed by atoms with Crippen LogP contribution in [-0.4, -0.2) is 32.0 Å². The second kappa shape index (κ2) is 12.3. The SMILES string of the molecule is CCc1ccc(CNC(=NC)NCCCNC(=O)c2cccs2)s1.I. The van der Waals surface area contributed by atoms with Gasteiger partial charge in [0, 0.05) is 29.9 Å². The third-order valence-electron chi connectivity index (χ3n) is 3.40. The van der Waals surface area contributed by atoms with Gasteiger partial charge >= 0.3 is 0 Å². The minimum absolute atomic E-state index is 0. The van der Waals surface area contributed by atoms with Gasteiger partial charge in [-0.3, -0.25) is 9.79 Å². The summed E-state index contributed by atoms with van der Waals surface area (Å²) in [5.41, 5.74) is 0. The summed E-state index contributed by atoms with van der Waals surface area (Å²) in [6.45, 7) is 4.35. The topological polar surface area (TPSA) is 65.5 Å². The van der Waals surface area contributed by atoms with Crippen LogP contribution in [-0.2, 0) is 13.0 Å². The lowest BCUT2D eigenvalue weighted by Crippen LogP contribution is -2.38. The molecular formula is C17H25IN4OS2. The summed E-state index contributed by atoms with van der Waals surface area (Å²) in [5, 5.41) is 11.4. The number of guanidine groups is 1. The third-order valence-corrected chi connectivity index (χ3v) is 5.49. The van der Waals surface area contributed by atoms with Crippen LogP contribution in [0.1, 0.15) is 32.8 Å². The van der Waals surface area contributed by atoms with Gasteiger partial charge < -0.3 is 16.0 Å². The van der Waals surface area contributed by atoms with Gasteiger partial charge in [0.15, 0.2) is 5.96 Å². The van der Waals surface area contributed by atoms with Crippen LogP contribution in [0.4, 0.5) is 0 Å². The predicted molar refractivity (Wildman–Crippen MR) is 119 cm³/mol. The highest BCUT2D eigenvalue weighted by Crippen LogP contribution is 2.16. The van der Waals surface area contributed by atoms with Gasteiger partial charge in [0.1, 0.15) is 0 Å². The second-order valence-electron chi connectivity index (χ2n) is 5.16. The maximum atomic E-state index is 11.8. The molecule has 2 heterocycles. The van der Waals surface area contributed by atoms with Crippen molar-refractivity contribution in [3.05, 3.63) is 44.3 Å². The monoisotopic (exact) mass is 492 g/mol. The van der Waals surface area contributed by atoms with Crippen molar-refractivity contribution in [2.75, 3.05) is 20.1 Å². The molecule has 0 bridgehead atoms. The van der Waals surface area contributed by atoms with E-state index in [0.717, 1.165) is 36.8 Å². The van der Waals surface area contributed by atoms with Crippen LogP contribution in [0.15, 0.2) is 34.6 Å². The Kier molecular flexibility index (Phi) is 10.7. The van der Waals surface area contributed by atoms with E-state index in [9.17, 15) is 4.79 Å². The van der Waals surface area contributed by atoms with E-state index in [4.69, 9.17) is 0 Å². The largest absolute Gasteiger partial charge is 0.356 e. The molecule has 2 aromatic rings. The normalized spacial score (nSPS) is 10.9. The Hall–Kier alpha value is -1.13. The van der Waals surface area contributed by atoms with E-state index in [1.807, 2.05) is 28.8 Å². The fourth-order valence-corrected chi connectivity index (χ4v) is 3.63. The van der Waals surface area contributed by atoms with E-state index >= 15 is 0 Å². The van der Waals surface area contributed by atoms with Crippen molar-refractivity contribution >= 4 is 58.5 Å². The highest BCUT2D eigenvalue weighted by atomic mass is 127. The average molecular weight is 492 g/mol. The lowest BCUT2D eigenvalue weighted by atomic mass is 10.3. The molecule has 0 fully saturated rings. The molecule has 2 aromatic heterocycles. The summed E-state index contributed by atoms with van der Waals surface area (Å²) in [7, 11) is 1.76.